The number of hydrogen-bond donors (Lipinski definition) is 3. The highest BCUT2D eigenvalue weighted by atomic mass is 19.3. The number of carbonyl (C=O) groups excluding carboxylic acids is 1. The Bertz CT molecular complexity index is 138. The molecule has 0 aromatic carbocycles. The van der Waals surface area contributed by atoms with Crippen molar-refractivity contribution in [3.05, 3.63) is 0 Å². The quantitative estimate of drug-likeness (QED) is 0.481. The molecule has 0 aliphatic carbocycles. The molecule has 0 radical (unpaired) electrons. The van der Waals surface area contributed by atoms with E-state index in [1.54, 1.807) is 0 Å². The summed E-state index contributed by atoms with van der Waals surface area (Å²) >= 11 is 0. The van der Waals surface area contributed by atoms with E-state index in [-0.39, 0.29) is 0 Å². The fraction of sp³-hybridized carbons (Fsp3) is 0.800. The first-order chi connectivity index (χ1) is 5.00. The first-order valence-electron chi connectivity index (χ1n) is 2.79. The van der Waals surface area contributed by atoms with Crippen molar-refractivity contribution >= 4 is 5.78 Å². The standard InChI is InChI=1S/C5H8F2O4/c6-5(7)4(11)3(10)2(9)1-8/h2,4-5,8-9,11H,1H2/t2-,4-/m0/s1. The van der Waals surface area contributed by atoms with Crippen LogP contribution in [0.3, 0.4) is 0 Å². The topological polar surface area (TPSA) is 77.8 Å². The van der Waals surface area contributed by atoms with Gasteiger partial charge in [-0.15, -0.1) is 0 Å². The van der Waals surface area contributed by atoms with Gasteiger partial charge in [-0.1, -0.05) is 0 Å². The van der Waals surface area contributed by atoms with E-state index in [0.29, 0.717) is 0 Å². The van der Waals surface area contributed by atoms with Crippen LogP contribution >= 0.6 is 0 Å². The summed E-state index contributed by atoms with van der Waals surface area (Å²) < 4.78 is 23.0. The lowest BCUT2D eigenvalue weighted by Crippen LogP contribution is -2.38. The van der Waals surface area contributed by atoms with E-state index < -0.39 is 31.0 Å². The fourth-order valence-electron chi connectivity index (χ4n) is 0.411. The number of aliphatic hydroxyl groups is 3. The van der Waals surface area contributed by atoms with Gasteiger partial charge in [0.05, 0.1) is 6.61 Å². The van der Waals surface area contributed by atoms with Gasteiger partial charge >= 0.3 is 0 Å². The number of aliphatic hydroxyl groups excluding tert-OH is 3. The average Bonchev–Trinajstić information content (AvgIpc) is 2.00. The van der Waals surface area contributed by atoms with Crippen LogP contribution in [-0.4, -0.2) is 46.3 Å². The van der Waals surface area contributed by atoms with Gasteiger partial charge < -0.3 is 15.3 Å². The summed E-state index contributed by atoms with van der Waals surface area (Å²) in [7, 11) is 0. The zero-order valence-electron chi connectivity index (χ0n) is 5.44. The van der Waals surface area contributed by atoms with Gasteiger partial charge in [0.1, 0.15) is 6.10 Å². The zero-order valence-corrected chi connectivity index (χ0v) is 5.44. The molecule has 0 aromatic heterocycles. The molecule has 2 atom stereocenters. The molecular weight excluding hydrogens is 162 g/mol. The Labute approximate surface area is 61.1 Å². The van der Waals surface area contributed by atoms with Gasteiger partial charge in [-0.2, -0.15) is 0 Å². The van der Waals surface area contributed by atoms with E-state index in [1.807, 2.05) is 0 Å². The highest BCUT2D eigenvalue weighted by molar-refractivity contribution is 5.87. The third-order valence-electron chi connectivity index (χ3n) is 1.03. The SMILES string of the molecule is O=C([C@@H](O)CO)[C@H](O)C(F)F. The predicted molar refractivity (Wildman–Crippen MR) is 30.1 cm³/mol. The summed E-state index contributed by atoms with van der Waals surface area (Å²) in [6, 6.07) is 0. The van der Waals surface area contributed by atoms with E-state index in [9.17, 15) is 13.6 Å². The molecule has 0 bridgehead atoms. The van der Waals surface area contributed by atoms with Gasteiger partial charge in [-0.05, 0) is 0 Å². The lowest BCUT2D eigenvalue weighted by molar-refractivity contribution is -0.145. The number of ketones is 1. The molecule has 0 aliphatic rings. The number of Topliss-reactive ketones (excluding diaryl/α,β-unsaturated/α-hetero) is 1. The van der Waals surface area contributed by atoms with E-state index >= 15 is 0 Å². The van der Waals surface area contributed by atoms with Crippen molar-refractivity contribution < 1.29 is 28.9 Å². The minimum Gasteiger partial charge on any atom is -0.393 e. The number of hydrogen-bond acceptors (Lipinski definition) is 4. The van der Waals surface area contributed by atoms with Crippen LogP contribution in [0.2, 0.25) is 0 Å². The van der Waals surface area contributed by atoms with Crippen LogP contribution in [0.1, 0.15) is 0 Å². The van der Waals surface area contributed by atoms with Crippen LogP contribution in [0.4, 0.5) is 8.78 Å². The monoisotopic (exact) mass is 170 g/mol. The highest BCUT2D eigenvalue weighted by Crippen LogP contribution is 2.03. The first kappa shape index (κ1) is 10.4. The minimum absolute atomic E-state index is 0.970. The van der Waals surface area contributed by atoms with Crippen molar-refractivity contribution in [3.63, 3.8) is 0 Å². The molecule has 0 aliphatic heterocycles. The third-order valence-corrected chi connectivity index (χ3v) is 1.03. The second kappa shape index (κ2) is 4.32. The Morgan fingerprint density at radius 2 is 1.82 bits per heavy atom. The molecule has 6 heteroatoms. The summed E-state index contributed by atoms with van der Waals surface area (Å²) in [5, 5.41) is 24.9. The van der Waals surface area contributed by atoms with E-state index in [1.165, 1.54) is 0 Å². The van der Waals surface area contributed by atoms with E-state index in [0.717, 1.165) is 0 Å². The van der Waals surface area contributed by atoms with Crippen LogP contribution in [0, 0.1) is 0 Å². The molecule has 3 N–H and O–H groups in total. The maximum atomic E-state index is 11.5. The molecule has 0 spiro atoms. The lowest BCUT2D eigenvalue weighted by atomic mass is 10.1. The van der Waals surface area contributed by atoms with Crippen molar-refractivity contribution in [2.45, 2.75) is 18.6 Å². The summed E-state index contributed by atoms with van der Waals surface area (Å²) in [5.74, 6) is -1.47. The Hall–Kier alpha value is -0.590. The Balaban J connectivity index is 4.02. The van der Waals surface area contributed by atoms with Gasteiger partial charge in [-0.25, -0.2) is 8.78 Å². The van der Waals surface area contributed by atoms with Crippen LogP contribution in [0.15, 0.2) is 0 Å². The van der Waals surface area contributed by atoms with Crippen molar-refractivity contribution in [3.8, 4) is 0 Å². The van der Waals surface area contributed by atoms with Crippen molar-refractivity contribution in [1.82, 2.24) is 0 Å². The lowest BCUT2D eigenvalue weighted by Gasteiger charge is -2.10. The average molecular weight is 170 g/mol. The second-order valence-electron chi connectivity index (χ2n) is 1.88. The minimum atomic E-state index is -3.23. The van der Waals surface area contributed by atoms with Gasteiger partial charge in [0, 0.05) is 0 Å². The van der Waals surface area contributed by atoms with Crippen molar-refractivity contribution in [1.29, 1.82) is 0 Å². The van der Waals surface area contributed by atoms with Crippen LogP contribution in [0.5, 0.6) is 0 Å². The molecule has 0 amide bonds. The Kier molecular flexibility index (Phi) is 4.09. The number of rotatable bonds is 4. The molecule has 0 heterocycles. The molecule has 0 fully saturated rings. The Morgan fingerprint density at radius 3 is 2.09 bits per heavy atom. The predicted octanol–water partition coefficient (Wildman–Crippen LogP) is -1.47. The summed E-state index contributed by atoms with van der Waals surface area (Å²) in [5.41, 5.74) is 0. The highest BCUT2D eigenvalue weighted by Gasteiger charge is 2.29. The Morgan fingerprint density at radius 1 is 1.36 bits per heavy atom. The van der Waals surface area contributed by atoms with Gasteiger partial charge in [-0.3, -0.25) is 4.79 Å². The largest absolute Gasteiger partial charge is 0.393 e. The molecule has 4 nitrogen and oxygen atoms in total. The summed E-state index contributed by atoms with van der Waals surface area (Å²) in [4.78, 5) is 10.4. The number of alkyl halides is 2. The maximum Gasteiger partial charge on any atom is 0.271 e. The van der Waals surface area contributed by atoms with Crippen LogP contribution in [0.25, 0.3) is 0 Å². The normalized spacial score (nSPS) is 16.5. The molecule has 66 valence electrons. The van der Waals surface area contributed by atoms with Crippen molar-refractivity contribution in [2.75, 3.05) is 6.61 Å². The molecule has 0 saturated heterocycles. The van der Waals surface area contributed by atoms with Gasteiger partial charge in [0.2, 0.25) is 0 Å². The summed E-state index contributed by atoms with van der Waals surface area (Å²) in [6.45, 7) is -0.970. The van der Waals surface area contributed by atoms with E-state index in [4.69, 9.17) is 15.3 Å². The smallest absolute Gasteiger partial charge is 0.271 e. The van der Waals surface area contributed by atoms with E-state index in [2.05, 4.69) is 0 Å². The van der Waals surface area contributed by atoms with Crippen molar-refractivity contribution in [2.24, 2.45) is 0 Å². The van der Waals surface area contributed by atoms with Crippen LogP contribution in [-0.2, 0) is 4.79 Å². The molecule has 0 saturated carbocycles. The molecule has 11 heavy (non-hydrogen) atoms. The van der Waals surface area contributed by atoms with Crippen LogP contribution < -0.4 is 0 Å². The molecule has 0 rings (SSSR count). The first-order valence-corrected chi connectivity index (χ1v) is 2.79. The van der Waals surface area contributed by atoms with Gasteiger partial charge in [0.25, 0.3) is 6.43 Å². The number of carbonyl (C=O) groups is 1. The maximum absolute atomic E-state index is 11.5. The molecular formula is C5H8F2O4. The molecule has 0 unspecified atom stereocenters. The third kappa shape index (κ3) is 2.87. The number of halogens is 2. The zero-order chi connectivity index (χ0) is 9.02. The molecule has 0 aromatic rings. The summed E-state index contributed by atoms with van der Waals surface area (Å²) in [6.07, 6.45) is -7.68. The second-order valence-corrected chi connectivity index (χ2v) is 1.88. The van der Waals surface area contributed by atoms with Gasteiger partial charge in [0.15, 0.2) is 11.9 Å². The fourth-order valence-corrected chi connectivity index (χ4v) is 0.411.